The van der Waals surface area contributed by atoms with Gasteiger partial charge in [-0.3, -0.25) is 9.59 Å². The zero-order valence-electron chi connectivity index (χ0n) is 19.2. The van der Waals surface area contributed by atoms with Crippen molar-refractivity contribution in [1.29, 1.82) is 0 Å². The number of carbonyl (C=O) groups is 2. The molecule has 0 spiro atoms. The Bertz CT molecular complexity index is 906. The first-order valence-corrected chi connectivity index (χ1v) is 10.6. The van der Waals surface area contributed by atoms with Crippen molar-refractivity contribution in [2.75, 3.05) is 27.6 Å². The molecular formula is C24H31NO7. The van der Waals surface area contributed by atoms with Crippen LogP contribution in [0.4, 0.5) is 0 Å². The van der Waals surface area contributed by atoms with E-state index in [0.717, 1.165) is 0 Å². The molecule has 3 rings (SSSR count). The molecule has 1 aromatic rings. The highest BCUT2D eigenvalue weighted by Crippen LogP contribution is 2.33. The molecule has 174 valence electrons. The maximum Gasteiger partial charge on any atom is 0.255 e. The molecule has 32 heavy (non-hydrogen) atoms. The van der Waals surface area contributed by atoms with Gasteiger partial charge in [0.05, 0.1) is 18.8 Å². The van der Waals surface area contributed by atoms with Crippen molar-refractivity contribution in [3.8, 4) is 11.5 Å². The van der Waals surface area contributed by atoms with Gasteiger partial charge in [-0.1, -0.05) is 25.2 Å². The van der Waals surface area contributed by atoms with Crippen LogP contribution >= 0.6 is 0 Å². The summed E-state index contributed by atoms with van der Waals surface area (Å²) < 4.78 is 27.9. The Kier molecular flexibility index (Phi) is 7.71. The lowest BCUT2D eigenvalue weighted by atomic mass is 10.00. The van der Waals surface area contributed by atoms with Crippen LogP contribution in [0.5, 0.6) is 11.5 Å². The number of ketones is 1. The summed E-state index contributed by atoms with van der Waals surface area (Å²) in [5, 5.41) is 2.92. The van der Waals surface area contributed by atoms with E-state index in [0.29, 0.717) is 35.6 Å². The Hall–Kier alpha value is -2.68. The highest BCUT2D eigenvalue weighted by Gasteiger charge is 2.43. The summed E-state index contributed by atoms with van der Waals surface area (Å²) in [4.78, 5) is 25.8. The molecule has 2 unspecified atom stereocenters. The minimum absolute atomic E-state index is 0.0120. The highest BCUT2D eigenvalue weighted by atomic mass is 16.8. The fourth-order valence-corrected chi connectivity index (χ4v) is 3.68. The zero-order valence-corrected chi connectivity index (χ0v) is 19.2. The molecule has 0 aromatic heterocycles. The summed E-state index contributed by atoms with van der Waals surface area (Å²) in [7, 11) is 3.06. The number of nitrogens with one attached hydrogen (secondary N) is 1. The average Bonchev–Trinajstić information content (AvgIpc) is 3.07. The van der Waals surface area contributed by atoms with Crippen molar-refractivity contribution in [1.82, 2.24) is 5.32 Å². The molecule has 2 heterocycles. The monoisotopic (exact) mass is 445 g/mol. The molecule has 0 saturated carbocycles. The number of amides is 1. The van der Waals surface area contributed by atoms with Gasteiger partial charge in [0.25, 0.3) is 5.91 Å². The highest BCUT2D eigenvalue weighted by molar-refractivity contribution is 6.01. The van der Waals surface area contributed by atoms with Crippen molar-refractivity contribution < 1.29 is 33.3 Å². The standard InChI is InChI=1S/C24H31NO7/c1-15-9-10-18(26)22-19(31-24(2,3)32-22)8-6-7-16-11-17(29-5)12-20(30-14-28-4)21(16)23(27)25-13-15/h6-7,9-12,15,19,22H,8,13-14H2,1-5H3,(H,25,27)/b7-6+,10-9-/t15-,19?,22?/m1/s1. The van der Waals surface area contributed by atoms with E-state index in [2.05, 4.69) is 5.32 Å². The van der Waals surface area contributed by atoms with Gasteiger partial charge in [-0.05, 0) is 43.9 Å². The summed E-state index contributed by atoms with van der Waals surface area (Å²) in [6.07, 6.45) is 6.24. The number of hydrogen-bond donors (Lipinski definition) is 1. The van der Waals surface area contributed by atoms with Gasteiger partial charge in [0.2, 0.25) is 0 Å². The van der Waals surface area contributed by atoms with E-state index >= 15 is 0 Å². The maximum absolute atomic E-state index is 13.1. The number of carbonyl (C=O) groups excluding carboxylic acids is 2. The third-order valence-electron chi connectivity index (χ3n) is 5.20. The van der Waals surface area contributed by atoms with E-state index in [1.165, 1.54) is 13.2 Å². The van der Waals surface area contributed by atoms with E-state index in [1.54, 1.807) is 45.2 Å². The Morgan fingerprint density at radius 2 is 1.94 bits per heavy atom. The lowest BCUT2D eigenvalue weighted by Gasteiger charge is -2.17. The number of ether oxygens (including phenoxy) is 5. The minimum Gasteiger partial charge on any atom is -0.497 e. The first-order valence-electron chi connectivity index (χ1n) is 10.6. The van der Waals surface area contributed by atoms with Gasteiger partial charge in [-0.15, -0.1) is 0 Å². The summed E-state index contributed by atoms with van der Waals surface area (Å²) >= 11 is 0. The molecule has 0 bridgehead atoms. The van der Waals surface area contributed by atoms with Crippen LogP contribution in [0, 0.1) is 5.92 Å². The molecule has 0 aliphatic carbocycles. The Balaban J connectivity index is 2.03. The second-order valence-corrected chi connectivity index (χ2v) is 8.32. The zero-order chi connectivity index (χ0) is 23.3. The summed E-state index contributed by atoms with van der Waals surface area (Å²) in [5.41, 5.74) is 0.998. The van der Waals surface area contributed by atoms with Crippen molar-refractivity contribution in [2.24, 2.45) is 5.92 Å². The van der Waals surface area contributed by atoms with Crippen LogP contribution in [-0.2, 0) is 19.0 Å². The predicted octanol–water partition coefficient (Wildman–Crippen LogP) is 3.11. The molecule has 1 fully saturated rings. The van der Waals surface area contributed by atoms with Gasteiger partial charge in [-0.2, -0.15) is 0 Å². The fourth-order valence-electron chi connectivity index (χ4n) is 3.68. The lowest BCUT2D eigenvalue weighted by Crippen LogP contribution is -2.31. The summed E-state index contributed by atoms with van der Waals surface area (Å²) in [5.74, 6) is -0.470. The van der Waals surface area contributed by atoms with Crippen LogP contribution in [-0.4, -0.2) is 57.2 Å². The summed E-state index contributed by atoms with van der Waals surface area (Å²) in [6, 6.07) is 3.42. The van der Waals surface area contributed by atoms with Gasteiger partial charge in [0.1, 0.15) is 17.6 Å². The molecule has 2 aliphatic heterocycles. The van der Waals surface area contributed by atoms with Gasteiger partial charge in [-0.25, -0.2) is 0 Å². The molecule has 1 aromatic carbocycles. The van der Waals surface area contributed by atoms with E-state index < -0.39 is 18.0 Å². The van der Waals surface area contributed by atoms with E-state index in [4.69, 9.17) is 23.7 Å². The van der Waals surface area contributed by atoms with Gasteiger partial charge >= 0.3 is 0 Å². The topological polar surface area (TPSA) is 92.3 Å². The molecule has 0 radical (unpaired) electrons. The van der Waals surface area contributed by atoms with E-state index in [1.807, 2.05) is 13.0 Å². The number of methoxy groups -OCH3 is 2. The van der Waals surface area contributed by atoms with Gasteiger partial charge in [0, 0.05) is 19.7 Å². The van der Waals surface area contributed by atoms with Crippen LogP contribution in [0.2, 0.25) is 0 Å². The largest absolute Gasteiger partial charge is 0.497 e. The van der Waals surface area contributed by atoms with Gasteiger partial charge < -0.3 is 29.0 Å². The first-order chi connectivity index (χ1) is 15.2. The van der Waals surface area contributed by atoms with E-state index in [-0.39, 0.29) is 24.4 Å². The third kappa shape index (κ3) is 5.76. The molecule has 1 N–H and O–H groups in total. The molecular weight excluding hydrogens is 414 g/mol. The van der Waals surface area contributed by atoms with Crippen molar-refractivity contribution >= 4 is 17.8 Å². The van der Waals surface area contributed by atoms with Gasteiger partial charge in [0.15, 0.2) is 18.4 Å². The molecule has 2 aliphatic rings. The quantitative estimate of drug-likeness (QED) is 0.712. The number of hydrogen-bond acceptors (Lipinski definition) is 7. The van der Waals surface area contributed by atoms with Crippen molar-refractivity contribution in [3.05, 3.63) is 41.5 Å². The second-order valence-electron chi connectivity index (χ2n) is 8.32. The number of rotatable bonds is 4. The Morgan fingerprint density at radius 1 is 1.16 bits per heavy atom. The smallest absolute Gasteiger partial charge is 0.255 e. The van der Waals surface area contributed by atoms with Crippen molar-refractivity contribution in [3.63, 3.8) is 0 Å². The Labute approximate surface area is 188 Å². The predicted molar refractivity (Wildman–Crippen MR) is 119 cm³/mol. The van der Waals surface area contributed by atoms with Crippen LogP contribution in [0.1, 0.15) is 43.1 Å². The minimum atomic E-state index is -0.855. The SMILES string of the molecule is COCOc1cc(OC)cc2c1C(=O)NC[C@H](C)/C=C\C(=O)C1OC(C)(C)OC1C/C=C/2. The fraction of sp³-hybridized carbons (Fsp3) is 0.500. The maximum atomic E-state index is 13.1. The number of fused-ring (bicyclic) bond motifs is 2. The van der Waals surface area contributed by atoms with E-state index in [9.17, 15) is 9.59 Å². The lowest BCUT2D eigenvalue weighted by molar-refractivity contribution is -0.152. The second kappa shape index (κ2) is 10.3. The third-order valence-corrected chi connectivity index (χ3v) is 5.20. The molecule has 8 nitrogen and oxygen atoms in total. The van der Waals surface area contributed by atoms with Crippen LogP contribution < -0.4 is 14.8 Å². The molecule has 8 heteroatoms. The Morgan fingerprint density at radius 3 is 2.66 bits per heavy atom. The molecule has 3 atom stereocenters. The molecule has 1 saturated heterocycles. The van der Waals surface area contributed by atoms with Crippen molar-refractivity contribution in [2.45, 2.75) is 45.2 Å². The average molecular weight is 446 g/mol. The normalized spacial score (nSPS) is 27.5. The molecule has 1 amide bonds. The number of benzene rings is 1. The van der Waals surface area contributed by atoms with Crippen LogP contribution in [0.3, 0.4) is 0 Å². The first kappa shape index (κ1) is 24.0. The van der Waals surface area contributed by atoms with Crippen LogP contribution in [0.15, 0.2) is 30.4 Å². The van der Waals surface area contributed by atoms with Crippen LogP contribution in [0.25, 0.3) is 6.08 Å². The summed E-state index contributed by atoms with van der Waals surface area (Å²) in [6.45, 7) is 5.83.